The fraction of sp³-hybridized carbons (Fsp3) is 0.286. The van der Waals surface area contributed by atoms with Crippen LogP contribution in [0, 0.1) is 11.6 Å². The van der Waals surface area contributed by atoms with Crippen LogP contribution < -0.4 is 16.4 Å². The number of benzene rings is 1. The molecule has 6 nitrogen and oxygen atoms in total. The van der Waals surface area contributed by atoms with E-state index in [4.69, 9.17) is 16.2 Å². The van der Waals surface area contributed by atoms with E-state index in [0.717, 1.165) is 0 Å². The molecule has 1 saturated heterocycles. The summed E-state index contributed by atoms with van der Waals surface area (Å²) in [6.07, 6.45) is 1.35. The Kier molecular flexibility index (Phi) is 3.76. The number of halogens is 2. The van der Waals surface area contributed by atoms with Crippen molar-refractivity contribution >= 4 is 17.5 Å². The average molecular weight is 307 g/mol. The molecule has 1 aliphatic rings. The minimum absolute atomic E-state index is 0.00660. The molecule has 1 fully saturated rings. The van der Waals surface area contributed by atoms with Gasteiger partial charge in [0.25, 0.3) is 0 Å². The number of anilines is 3. The summed E-state index contributed by atoms with van der Waals surface area (Å²) in [6.45, 7) is 1.78. The third-order valence-corrected chi connectivity index (χ3v) is 3.49. The van der Waals surface area contributed by atoms with Crippen molar-refractivity contribution < 1.29 is 13.5 Å². The van der Waals surface area contributed by atoms with Crippen LogP contribution in [0.2, 0.25) is 0 Å². The molecule has 0 aliphatic carbocycles. The Labute approximate surface area is 125 Å². The average Bonchev–Trinajstić information content (AvgIpc) is 2.47. The summed E-state index contributed by atoms with van der Waals surface area (Å²) in [5.41, 5.74) is 11.7. The van der Waals surface area contributed by atoms with E-state index in [2.05, 4.69) is 9.97 Å². The predicted octanol–water partition coefficient (Wildman–Crippen LogP) is 1.42. The molecule has 0 saturated carbocycles. The Morgan fingerprint density at radius 2 is 1.73 bits per heavy atom. The standard InChI is InChI=1S/C14H15F2N5O/c15-10-5-8(9-7-19-14(18)20-13(9)17)6-11(16)12(10)21-1-3-22-4-2-21/h5-7H,1-4H2,(H4,17,18,19,20). The number of rotatable bonds is 2. The van der Waals surface area contributed by atoms with Gasteiger partial charge in [0.2, 0.25) is 5.95 Å². The lowest BCUT2D eigenvalue weighted by atomic mass is 10.1. The highest BCUT2D eigenvalue weighted by molar-refractivity contribution is 5.75. The Morgan fingerprint density at radius 1 is 1.09 bits per heavy atom. The molecule has 1 aromatic carbocycles. The van der Waals surface area contributed by atoms with Gasteiger partial charge in [-0.15, -0.1) is 0 Å². The normalized spacial score (nSPS) is 15.1. The van der Waals surface area contributed by atoms with Gasteiger partial charge in [-0.3, -0.25) is 0 Å². The number of hydrogen-bond donors (Lipinski definition) is 2. The summed E-state index contributed by atoms with van der Waals surface area (Å²) in [5.74, 6) is -1.24. The summed E-state index contributed by atoms with van der Waals surface area (Å²) >= 11 is 0. The SMILES string of the molecule is Nc1ncc(-c2cc(F)c(N3CCOCC3)c(F)c2)c(N)n1. The van der Waals surface area contributed by atoms with E-state index in [1.807, 2.05) is 0 Å². The lowest BCUT2D eigenvalue weighted by Crippen LogP contribution is -2.37. The molecule has 0 spiro atoms. The molecule has 116 valence electrons. The van der Waals surface area contributed by atoms with Crippen molar-refractivity contribution in [3.63, 3.8) is 0 Å². The maximum atomic E-state index is 14.4. The first-order chi connectivity index (χ1) is 10.6. The first kappa shape index (κ1) is 14.5. The van der Waals surface area contributed by atoms with Crippen molar-refractivity contribution in [2.75, 3.05) is 42.7 Å². The molecular formula is C14H15F2N5O. The number of ether oxygens (including phenoxy) is 1. The van der Waals surface area contributed by atoms with Gasteiger partial charge in [0.15, 0.2) is 0 Å². The third-order valence-electron chi connectivity index (χ3n) is 3.49. The Bertz CT molecular complexity index is 681. The minimum atomic E-state index is -0.659. The highest BCUT2D eigenvalue weighted by atomic mass is 19.1. The van der Waals surface area contributed by atoms with Crippen LogP contribution in [0.25, 0.3) is 11.1 Å². The molecule has 4 N–H and O–H groups in total. The molecule has 0 radical (unpaired) electrons. The molecule has 3 rings (SSSR count). The van der Waals surface area contributed by atoms with Crippen LogP contribution in [-0.2, 0) is 4.74 Å². The van der Waals surface area contributed by atoms with Gasteiger partial charge in [-0.05, 0) is 17.7 Å². The number of morpholine rings is 1. The van der Waals surface area contributed by atoms with E-state index in [-0.39, 0.29) is 23.0 Å². The molecule has 22 heavy (non-hydrogen) atoms. The van der Waals surface area contributed by atoms with Gasteiger partial charge in [-0.1, -0.05) is 0 Å². The maximum Gasteiger partial charge on any atom is 0.221 e. The molecule has 2 aromatic rings. The smallest absolute Gasteiger partial charge is 0.221 e. The van der Waals surface area contributed by atoms with E-state index in [0.29, 0.717) is 31.9 Å². The third kappa shape index (κ3) is 2.64. The summed E-state index contributed by atoms with van der Waals surface area (Å²) in [5, 5.41) is 0. The molecule has 0 atom stereocenters. The molecule has 1 aliphatic heterocycles. The van der Waals surface area contributed by atoms with Crippen LogP contribution in [0.15, 0.2) is 18.3 Å². The van der Waals surface area contributed by atoms with Gasteiger partial charge in [0, 0.05) is 24.8 Å². The maximum absolute atomic E-state index is 14.4. The van der Waals surface area contributed by atoms with E-state index in [1.165, 1.54) is 18.3 Å². The fourth-order valence-electron chi connectivity index (χ4n) is 2.44. The second kappa shape index (κ2) is 5.72. The van der Waals surface area contributed by atoms with Gasteiger partial charge >= 0.3 is 0 Å². The van der Waals surface area contributed by atoms with E-state index >= 15 is 0 Å². The fourth-order valence-corrected chi connectivity index (χ4v) is 2.44. The van der Waals surface area contributed by atoms with Crippen LogP contribution in [0.4, 0.5) is 26.2 Å². The highest BCUT2D eigenvalue weighted by Gasteiger charge is 2.21. The molecule has 0 unspecified atom stereocenters. The number of nitrogens with two attached hydrogens (primary N) is 2. The second-order valence-corrected chi connectivity index (χ2v) is 4.92. The van der Waals surface area contributed by atoms with Crippen molar-refractivity contribution in [2.45, 2.75) is 0 Å². The van der Waals surface area contributed by atoms with Gasteiger partial charge in [0.05, 0.1) is 13.2 Å². The van der Waals surface area contributed by atoms with Crippen LogP contribution >= 0.6 is 0 Å². The number of nitrogen functional groups attached to an aromatic ring is 2. The van der Waals surface area contributed by atoms with E-state index in [9.17, 15) is 8.78 Å². The number of aromatic nitrogens is 2. The lowest BCUT2D eigenvalue weighted by molar-refractivity contribution is 0.122. The largest absolute Gasteiger partial charge is 0.383 e. The first-order valence-electron chi connectivity index (χ1n) is 6.76. The monoisotopic (exact) mass is 307 g/mol. The lowest BCUT2D eigenvalue weighted by Gasteiger charge is -2.29. The van der Waals surface area contributed by atoms with Crippen molar-refractivity contribution in [3.05, 3.63) is 30.0 Å². The molecule has 1 aromatic heterocycles. The van der Waals surface area contributed by atoms with Gasteiger partial charge in [-0.25, -0.2) is 13.8 Å². The van der Waals surface area contributed by atoms with E-state index in [1.54, 1.807) is 4.90 Å². The zero-order chi connectivity index (χ0) is 15.7. The van der Waals surface area contributed by atoms with Crippen molar-refractivity contribution in [2.24, 2.45) is 0 Å². The zero-order valence-electron chi connectivity index (χ0n) is 11.7. The number of hydrogen-bond acceptors (Lipinski definition) is 6. The molecule has 2 heterocycles. The summed E-state index contributed by atoms with van der Waals surface area (Å²) in [4.78, 5) is 9.22. The van der Waals surface area contributed by atoms with Crippen molar-refractivity contribution in [1.82, 2.24) is 9.97 Å². The predicted molar refractivity (Wildman–Crippen MR) is 79.2 cm³/mol. The van der Waals surface area contributed by atoms with Crippen molar-refractivity contribution in [1.29, 1.82) is 0 Å². The highest BCUT2D eigenvalue weighted by Crippen LogP contribution is 2.32. The Hall–Kier alpha value is -2.48. The quantitative estimate of drug-likeness (QED) is 0.872. The van der Waals surface area contributed by atoms with E-state index < -0.39 is 11.6 Å². The first-order valence-corrected chi connectivity index (χ1v) is 6.76. The van der Waals surface area contributed by atoms with Crippen LogP contribution in [0.5, 0.6) is 0 Å². The van der Waals surface area contributed by atoms with Gasteiger partial charge in [-0.2, -0.15) is 4.98 Å². The Morgan fingerprint density at radius 3 is 2.32 bits per heavy atom. The molecule has 0 amide bonds. The molecule has 8 heteroatoms. The number of nitrogens with zero attached hydrogens (tertiary/aromatic N) is 3. The van der Waals surface area contributed by atoms with Crippen molar-refractivity contribution in [3.8, 4) is 11.1 Å². The second-order valence-electron chi connectivity index (χ2n) is 4.92. The zero-order valence-corrected chi connectivity index (χ0v) is 11.7. The summed E-state index contributed by atoms with van der Waals surface area (Å²) in [7, 11) is 0. The topological polar surface area (TPSA) is 90.3 Å². The van der Waals surface area contributed by atoms with Crippen LogP contribution in [0.3, 0.4) is 0 Å². The summed E-state index contributed by atoms with van der Waals surface area (Å²) in [6, 6.07) is 2.44. The van der Waals surface area contributed by atoms with Crippen LogP contribution in [0.1, 0.15) is 0 Å². The molecule has 0 bridgehead atoms. The minimum Gasteiger partial charge on any atom is -0.383 e. The summed E-state index contributed by atoms with van der Waals surface area (Å²) < 4.78 is 33.9. The Balaban J connectivity index is 2.01. The van der Waals surface area contributed by atoms with Gasteiger partial charge in [0.1, 0.15) is 23.1 Å². The van der Waals surface area contributed by atoms with Gasteiger partial charge < -0.3 is 21.1 Å². The molecular weight excluding hydrogens is 292 g/mol. The van der Waals surface area contributed by atoms with Crippen LogP contribution in [-0.4, -0.2) is 36.3 Å².